The molecule has 124 valence electrons. The summed E-state index contributed by atoms with van der Waals surface area (Å²) in [5.74, 6) is 3.87. The van der Waals surface area contributed by atoms with Crippen molar-refractivity contribution in [1.29, 1.82) is 0 Å². The molecule has 4 rings (SSSR count). The van der Waals surface area contributed by atoms with E-state index in [1.165, 1.54) is 57.8 Å². The third-order valence-electron chi connectivity index (χ3n) is 7.72. The molecule has 2 heteroatoms. The monoisotopic (exact) mass is 304 g/mol. The topological polar surface area (TPSA) is 37.3 Å². The Balaban J connectivity index is 1.62. The normalized spacial score (nSPS) is 49.3. The van der Waals surface area contributed by atoms with E-state index in [0.717, 1.165) is 31.1 Å². The molecule has 2 nitrogen and oxygen atoms in total. The standard InChI is InChI=1S/C20H32O2/c21-17-11-9-13-5-1-3-7-15(13)19(17)20-16-8-4-2-6-14(16)10-12-18(20)22/h13-17,19-21H,1-12H2. The summed E-state index contributed by atoms with van der Waals surface area (Å²) >= 11 is 0. The number of aliphatic hydroxyl groups is 1. The van der Waals surface area contributed by atoms with Gasteiger partial charge in [-0.15, -0.1) is 0 Å². The van der Waals surface area contributed by atoms with Crippen LogP contribution in [0.2, 0.25) is 0 Å². The van der Waals surface area contributed by atoms with Crippen LogP contribution in [0.25, 0.3) is 0 Å². The second-order valence-corrected chi connectivity index (χ2v) is 8.67. The van der Waals surface area contributed by atoms with Crippen LogP contribution in [0.5, 0.6) is 0 Å². The third kappa shape index (κ3) is 2.56. The Morgan fingerprint density at radius 1 is 0.727 bits per heavy atom. The lowest BCUT2D eigenvalue weighted by atomic mass is 9.53. The van der Waals surface area contributed by atoms with Crippen molar-refractivity contribution in [1.82, 2.24) is 0 Å². The number of fused-ring (bicyclic) bond motifs is 2. The largest absolute Gasteiger partial charge is 0.393 e. The molecular weight excluding hydrogens is 272 g/mol. The summed E-state index contributed by atoms with van der Waals surface area (Å²) in [6.45, 7) is 0. The van der Waals surface area contributed by atoms with Gasteiger partial charge < -0.3 is 5.11 Å². The van der Waals surface area contributed by atoms with Gasteiger partial charge in [-0.2, -0.15) is 0 Å². The molecule has 0 heterocycles. The van der Waals surface area contributed by atoms with Crippen molar-refractivity contribution in [2.75, 3.05) is 0 Å². The second kappa shape index (κ2) is 6.26. The summed E-state index contributed by atoms with van der Waals surface area (Å²) in [4.78, 5) is 12.9. The van der Waals surface area contributed by atoms with Crippen molar-refractivity contribution in [2.24, 2.45) is 35.5 Å². The minimum atomic E-state index is -0.200. The molecule has 4 aliphatic rings. The average molecular weight is 304 g/mol. The summed E-state index contributed by atoms with van der Waals surface area (Å²) < 4.78 is 0. The molecule has 4 aliphatic carbocycles. The Labute approximate surface area is 135 Å². The molecule has 0 bridgehead atoms. The smallest absolute Gasteiger partial charge is 0.136 e. The number of carbonyl (C=O) groups is 1. The highest BCUT2D eigenvalue weighted by Crippen LogP contribution is 2.53. The van der Waals surface area contributed by atoms with Crippen LogP contribution in [0.15, 0.2) is 0 Å². The molecule has 0 radical (unpaired) electrons. The van der Waals surface area contributed by atoms with Gasteiger partial charge in [-0.25, -0.2) is 0 Å². The van der Waals surface area contributed by atoms with Gasteiger partial charge in [0.1, 0.15) is 5.78 Å². The molecule has 22 heavy (non-hydrogen) atoms. The Morgan fingerprint density at radius 3 is 2.14 bits per heavy atom. The van der Waals surface area contributed by atoms with Gasteiger partial charge in [0.25, 0.3) is 0 Å². The summed E-state index contributed by atoms with van der Waals surface area (Å²) in [6, 6.07) is 0. The number of rotatable bonds is 1. The van der Waals surface area contributed by atoms with Gasteiger partial charge in [0, 0.05) is 12.3 Å². The van der Waals surface area contributed by atoms with Gasteiger partial charge >= 0.3 is 0 Å². The van der Waals surface area contributed by atoms with E-state index in [2.05, 4.69) is 0 Å². The number of Topliss-reactive ketones (excluding diaryl/α,β-unsaturated/α-hetero) is 1. The predicted molar refractivity (Wildman–Crippen MR) is 87.4 cm³/mol. The maximum Gasteiger partial charge on any atom is 0.136 e. The number of hydrogen-bond acceptors (Lipinski definition) is 2. The van der Waals surface area contributed by atoms with Crippen LogP contribution in [0.4, 0.5) is 0 Å². The molecule has 0 aromatic rings. The summed E-state index contributed by atoms with van der Waals surface area (Å²) in [5.41, 5.74) is 0. The fourth-order valence-electron chi connectivity index (χ4n) is 6.77. The molecule has 7 unspecified atom stereocenters. The molecule has 0 aliphatic heterocycles. The lowest BCUT2D eigenvalue weighted by molar-refractivity contribution is -0.142. The molecule has 0 aromatic carbocycles. The Kier molecular flexibility index (Phi) is 4.32. The molecule has 7 atom stereocenters. The van der Waals surface area contributed by atoms with Crippen LogP contribution in [0.1, 0.15) is 77.0 Å². The molecule has 1 N–H and O–H groups in total. The van der Waals surface area contributed by atoms with Gasteiger partial charge in [0.15, 0.2) is 0 Å². The van der Waals surface area contributed by atoms with Crippen LogP contribution in [0, 0.1) is 35.5 Å². The molecule has 0 spiro atoms. The highest BCUT2D eigenvalue weighted by atomic mass is 16.3. The summed E-state index contributed by atoms with van der Waals surface area (Å²) in [5, 5.41) is 10.8. The number of carbonyl (C=O) groups excluding carboxylic acids is 1. The second-order valence-electron chi connectivity index (χ2n) is 8.67. The SMILES string of the molecule is O=C1CCC2CCCCC2C1C1C(O)CCC2CCCCC21. The first-order chi connectivity index (χ1) is 10.8. The summed E-state index contributed by atoms with van der Waals surface area (Å²) in [6.07, 6.45) is 14.5. The van der Waals surface area contributed by atoms with Crippen LogP contribution < -0.4 is 0 Å². The quantitative estimate of drug-likeness (QED) is 0.782. The number of ketones is 1. The Bertz CT molecular complexity index is 418. The predicted octanol–water partition coefficient (Wildman–Crippen LogP) is 4.35. The summed E-state index contributed by atoms with van der Waals surface area (Å²) in [7, 11) is 0. The highest BCUT2D eigenvalue weighted by molar-refractivity contribution is 5.82. The van der Waals surface area contributed by atoms with E-state index < -0.39 is 0 Å². The molecule has 0 amide bonds. The van der Waals surface area contributed by atoms with E-state index in [1.54, 1.807) is 0 Å². The van der Waals surface area contributed by atoms with E-state index >= 15 is 0 Å². The minimum Gasteiger partial charge on any atom is -0.393 e. The van der Waals surface area contributed by atoms with Crippen LogP contribution in [-0.4, -0.2) is 17.0 Å². The van der Waals surface area contributed by atoms with Crippen molar-refractivity contribution in [3.05, 3.63) is 0 Å². The molecule has 0 aromatic heterocycles. The van der Waals surface area contributed by atoms with E-state index in [9.17, 15) is 9.90 Å². The minimum absolute atomic E-state index is 0.200. The lowest BCUT2D eigenvalue weighted by Crippen LogP contribution is -2.51. The van der Waals surface area contributed by atoms with Crippen LogP contribution in [0.3, 0.4) is 0 Å². The van der Waals surface area contributed by atoms with Gasteiger partial charge in [-0.05, 0) is 61.7 Å². The number of hydrogen-bond donors (Lipinski definition) is 1. The van der Waals surface area contributed by atoms with Crippen molar-refractivity contribution in [3.8, 4) is 0 Å². The van der Waals surface area contributed by atoms with Crippen molar-refractivity contribution < 1.29 is 9.90 Å². The highest BCUT2D eigenvalue weighted by Gasteiger charge is 2.51. The van der Waals surface area contributed by atoms with E-state index in [-0.39, 0.29) is 12.0 Å². The molecule has 4 saturated carbocycles. The van der Waals surface area contributed by atoms with E-state index in [1.807, 2.05) is 0 Å². The van der Waals surface area contributed by atoms with Gasteiger partial charge in [-0.1, -0.05) is 38.5 Å². The number of aliphatic hydroxyl groups excluding tert-OH is 1. The van der Waals surface area contributed by atoms with Crippen molar-refractivity contribution >= 4 is 5.78 Å². The van der Waals surface area contributed by atoms with Crippen LogP contribution in [-0.2, 0) is 4.79 Å². The zero-order chi connectivity index (χ0) is 15.1. The zero-order valence-corrected chi connectivity index (χ0v) is 13.9. The van der Waals surface area contributed by atoms with Gasteiger partial charge in [0.05, 0.1) is 6.10 Å². The average Bonchev–Trinajstić information content (AvgIpc) is 2.56. The Hall–Kier alpha value is -0.370. The van der Waals surface area contributed by atoms with E-state index in [4.69, 9.17) is 0 Å². The molecule has 4 fully saturated rings. The van der Waals surface area contributed by atoms with E-state index in [0.29, 0.717) is 23.5 Å². The van der Waals surface area contributed by atoms with Gasteiger partial charge in [0.2, 0.25) is 0 Å². The lowest BCUT2D eigenvalue weighted by Gasteiger charge is -2.51. The van der Waals surface area contributed by atoms with Crippen molar-refractivity contribution in [3.63, 3.8) is 0 Å². The fraction of sp³-hybridized carbons (Fsp3) is 0.950. The maximum absolute atomic E-state index is 12.9. The fourth-order valence-corrected chi connectivity index (χ4v) is 6.77. The zero-order valence-electron chi connectivity index (χ0n) is 13.9. The molecule has 0 saturated heterocycles. The van der Waals surface area contributed by atoms with Gasteiger partial charge in [-0.3, -0.25) is 4.79 Å². The maximum atomic E-state index is 12.9. The first-order valence-corrected chi connectivity index (χ1v) is 9.96. The first kappa shape index (κ1) is 15.2. The van der Waals surface area contributed by atoms with Crippen molar-refractivity contribution in [2.45, 2.75) is 83.2 Å². The first-order valence-electron chi connectivity index (χ1n) is 9.96. The molecular formula is C20H32O2. The Morgan fingerprint density at radius 2 is 1.36 bits per heavy atom. The van der Waals surface area contributed by atoms with Crippen LogP contribution >= 0.6 is 0 Å². The third-order valence-corrected chi connectivity index (χ3v) is 7.72.